The maximum absolute atomic E-state index is 12.1. The number of aryl methyl sites for hydroxylation is 1. The van der Waals surface area contributed by atoms with E-state index in [1.54, 1.807) is 12.1 Å². The average Bonchev–Trinajstić information content (AvgIpc) is 2.01. The van der Waals surface area contributed by atoms with Crippen LogP contribution in [0.1, 0.15) is 5.69 Å². The molecule has 0 amide bonds. The fourth-order valence-electron chi connectivity index (χ4n) is 0.821. The maximum atomic E-state index is 12.1. The predicted octanol–water partition coefficient (Wildman–Crippen LogP) is 1.69. The lowest BCUT2D eigenvalue weighted by atomic mass is 10.3. The molecule has 72 valence electrons. The Bertz CT molecular complexity index is 393. The second-order valence-electron chi connectivity index (χ2n) is 2.42. The first kappa shape index (κ1) is 10.6. The summed E-state index contributed by atoms with van der Waals surface area (Å²) >= 11 is 3.18. The molecule has 0 N–H and O–H groups in total. The Morgan fingerprint density at radius 2 is 2.23 bits per heavy atom. The molecule has 0 aliphatic rings. The number of aromatic nitrogens is 1. The van der Waals surface area contributed by atoms with E-state index in [0.717, 1.165) is 0 Å². The Morgan fingerprint density at radius 1 is 1.54 bits per heavy atom. The van der Waals surface area contributed by atoms with Crippen molar-refractivity contribution in [3.05, 3.63) is 28.5 Å². The highest BCUT2D eigenvalue weighted by molar-refractivity contribution is 9.10. The van der Waals surface area contributed by atoms with Gasteiger partial charge in [-0.1, -0.05) is 0 Å². The lowest BCUT2D eigenvalue weighted by Gasteiger charge is -1.99. The van der Waals surface area contributed by atoms with Crippen molar-refractivity contribution in [2.45, 2.75) is 6.42 Å². The number of nitrogens with zero attached hydrogens (tertiary/aromatic N) is 1. The first-order valence-electron chi connectivity index (χ1n) is 3.51. The molecule has 1 heterocycles. The van der Waals surface area contributed by atoms with E-state index in [-0.39, 0.29) is 6.42 Å². The van der Waals surface area contributed by atoms with Crippen molar-refractivity contribution < 1.29 is 12.3 Å². The summed E-state index contributed by atoms with van der Waals surface area (Å²) < 4.78 is 33.2. The molecule has 1 rings (SSSR count). The number of hydrogen-bond acceptors (Lipinski definition) is 3. The van der Waals surface area contributed by atoms with Crippen molar-refractivity contribution in [3.63, 3.8) is 0 Å². The number of pyridine rings is 1. The van der Waals surface area contributed by atoms with Crippen molar-refractivity contribution in [3.8, 4) is 0 Å². The third-order valence-electron chi connectivity index (χ3n) is 1.42. The minimum atomic E-state index is -4.40. The third-order valence-corrected chi connectivity index (χ3v) is 2.83. The van der Waals surface area contributed by atoms with E-state index < -0.39 is 16.0 Å². The van der Waals surface area contributed by atoms with Crippen LogP contribution in [0, 0.1) is 0 Å². The Labute approximate surface area is 84.3 Å². The Morgan fingerprint density at radius 3 is 2.77 bits per heavy atom. The van der Waals surface area contributed by atoms with Crippen molar-refractivity contribution in [2.24, 2.45) is 0 Å². The summed E-state index contributed by atoms with van der Waals surface area (Å²) in [6, 6.07) is 3.44. The van der Waals surface area contributed by atoms with Crippen LogP contribution in [0.2, 0.25) is 0 Å². The molecule has 0 fully saturated rings. The van der Waals surface area contributed by atoms with Crippen LogP contribution in [0.3, 0.4) is 0 Å². The maximum Gasteiger partial charge on any atom is 0.302 e. The quantitative estimate of drug-likeness (QED) is 0.784. The van der Waals surface area contributed by atoms with Crippen LogP contribution in [-0.2, 0) is 16.6 Å². The SMILES string of the molecule is O=S(=O)(F)CCc1ncccc1Br. The van der Waals surface area contributed by atoms with Gasteiger partial charge in [0.05, 0.1) is 11.4 Å². The third kappa shape index (κ3) is 3.82. The van der Waals surface area contributed by atoms with E-state index in [1.807, 2.05) is 0 Å². The molecule has 0 saturated carbocycles. The zero-order chi connectivity index (χ0) is 9.90. The minimum absolute atomic E-state index is 0.0836. The van der Waals surface area contributed by atoms with Gasteiger partial charge in [0, 0.05) is 17.1 Å². The molecule has 6 heteroatoms. The summed E-state index contributed by atoms with van der Waals surface area (Å²) in [6.45, 7) is 0. The average molecular weight is 268 g/mol. The summed E-state index contributed by atoms with van der Waals surface area (Å²) in [6.07, 6.45) is 1.62. The van der Waals surface area contributed by atoms with Crippen molar-refractivity contribution in [1.82, 2.24) is 4.98 Å². The van der Waals surface area contributed by atoms with Gasteiger partial charge in [-0.3, -0.25) is 4.98 Å². The second-order valence-corrected chi connectivity index (χ2v) is 4.77. The smallest absolute Gasteiger partial charge is 0.260 e. The second kappa shape index (κ2) is 4.15. The van der Waals surface area contributed by atoms with Gasteiger partial charge in [0.2, 0.25) is 0 Å². The molecule has 0 aromatic carbocycles. The molecule has 1 aromatic heterocycles. The molecule has 3 nitrogen and oxygen atoms in total. The van der Waals surface area contributed by atoms with E-state index in [2.05, 4.69) is 20.9 Å². The summed E-state index contributed by atoms with van der Waals surface area (Å²) in [5, 5.41) is 0. The van der Waals surface area contributed by atoms with Crippen molar-refractivity contribution in [2.75, 3.05) is 5.75 Å². The van der Waals surface area contributed by atoms with Gasteiger partial charge in [-0.25, -0.2) is 0 Å². The largest absolute Gasteiger partial charge is 0.302 e. The summed E-state index contributed by atoms with van der Waals surface area (Å²) in [7, 11) is -4.40. The van der Waals surface area contributed by atoms with Crippen LogP contribution in [0.5, 0.6) is 0 Å². The summed E-state index contributed by atoms with van der Waals surface area (Å²) in [5.74, 6) is -0.525. The Hall–Kier alpha value is -0.490. The highest BCUT2D eigenvalue weighted by Gasteiger charge is 2.09. The van der Waals surface area contributed by atoms with Crippen molar-refractivity contribution in [1.29, 1.82) is 0 Å². The van der Waals surface area contributed by atoms with E-state index in [1.165, 1.54) is 6.20 Å². The van der Waals surface area contributed by atoms with Crippen LogP contribution in [0.4, 0.5) is 3.89 Å². The molecule has 13 heavy (non-hydrogen) atoms. The molecule has 1 aromatic rings. The van der Waals surface area contributed by atoms with Gasteiger partial charge < -0.3 is 0 Å². The lowest BCUT2D eigenvalue weighted by molar-refractivity contribution is 0.551. The topological polar surface area (TPSA) is 47.0 Å². The normalized spacial score (nSPS) is 11.5. The number of rotatable bonds is 3. The van der Waals surface area contributed by atoms with Gasteiger partial charge in [0.25, 0.3) is 0 Å². The molecule has 0 aliphatic carbocycles. The Balaban J connectivity index is 2.71. The predicted molar refractivity (Wildman–Crippen MR) is 50.5 cm³/mol. The summed E-state index contributed by atoms with van der Waals surface area (Å²) in [4.78, 5) is 3.90. The molecular weight excluding hydrogens is 261 g/mol. The van der Waals surface area contributed by atoms with Crippen LogP contribution in [0.25, 0.3) is 0 Å². The fraction of sp³-hybridized carbons (Fsp3) is 0.286. The lowest BCUT2D eigenvalue weighted by Crippen LogP contribution is -2.03. The standard InChI is InChI=1S/C7H7BrFNO2S/c8-6-2-1-4-10-7(6)3-5-13(9,11)12/h1-2,4H,3,5H2. The molecule has 0 spiro atoms. The molecule has 0 aliphatic heterocycles. The molecule has 0 unspecified atom stereocenters. The molecule has 0 saturated heterocycles. The van der Waals surface area contributed by atoms with Crippen LogP contribution in [0.15, 0.2) is 22.8 Å². The molecule has 0 bridgehead atoms. The van der Waals surface area contributed by atoms with Gasteiger partial charge in [-0.15, -0.1) is 3.89 Å². The molecule has 0 atom stereocenters. The van der Waals surface area contributed by atoms with Gasteiger partial charge in [0.15, 0.2) is 0 Å². The minimum Gasteiger partial charge on any atom is -0.260 e. The van der Waals surface area contributed by atoms with Crippen molar-refractivity contribution >= 4 is 26.2 Å². The van der Waals surface area contributed by atoms with Gasteiger partial charge in [-0.05, 0) is 28.1 Å². The van der Waals surface area contributed by atoms with Crippen LogP contribution < -0.4 is 0 Å². The van der Waals surface area contributed by atoms with E-state index >= 15 is 0 Å². The monoisotopic (exact) mass is 267 g/mol. The zero-order valence-corrected chi connectivity index (χ0v) is 8.98. The Kier molecular flexibility index (Phi) is 3.38. The summed E-state index contributed by atoms with van der Waals surface area (Å²) in [5.41, 5.74) is 0.545. The first-order chi connectivity index (χ1) is 5.99. The first-order valence-corrected chi connectivity index (χ1v) is 5.85. The van der Waals surface area contributed by atoms with E-state index in [0.29, 0.717) is 10.2 Å². The number of hydrogen-bond donors (Lipinski definition) is 0. The fourth-order valence-corrected chi connectivity index (χ4v) is 1.71. The number of halogens is 2. The van der Waals surface area contributed by atoms with E-state index in [9.17, 15) is 12.3 Å². The van der Waals surface area contributed by atoms with E-state index in [4.69, 9.17) is 0 Å². The van der Waals surface area contributed by atoms with Gasteiger partial charge in [-0.2, -0.15) is 8.42 Å². The molecule has 0 radical (unpaired) electrons. The van der Waals surface area contributed by atoms with Gasteiger partial charge in [0.1, 0.15) is 0 Å². The van der Waals surface area contributed by atoms with Gasteiger partial charge >= 0.3 is 10.2 Å². The zero-order valence-electron chi connectivity index (χ0n) is 6.57. The highest BCUT2D eigenvalue weighted by atomic mass is 79.9. The van der Waals surface area contributed by atoms with Crippen LogP contribution in [-0.4, -0.2) is 19.2 Å². The molecular formula is C7H7BrFNO2S. The highest BCUT2D eigenvalue weighted by Crippen LogP contribution is 2.14. The van der Waals surface area contributed by atoms with Crippen LogP contribution >= 0.6 is 15.9 Å².